The Labute approximate surface area is 116 Å². The number of hydrogen-bond acceptors (Lipinski definition) is 4. The fourth-order valence-corrected chi connectivity index (χ4v) is 2.49. The van der Waals surface area contributed by atoms with Gasteiger partial charge < -0.3 is 19.9 Å². The van der Waals surface area contributed by atoms with Crippen molar-refractivity contribution in [3.8, 4) is 5.75 Å². The lowest BCUT2D eigenvalue weighted by Gasteiger charge is -2.34. The number of piperazine rings is 1. The lowest BCUT2D eigenvalue weighted by atomic mass is 10.1. The zero-order chi connectivity index (χ0) is 13.7. The van der Waals surface area contributed by atoms with E-state index in [1.807, 2.05) is 12.1 Å². The summed E-state index contributed by atoms with van der Waals surface area (Å²) in [6.07, 6.45) is 1.19. The Bertz CT molecular complexity index is 379. The number of methoxy groups -OCH3 is 1. The Hall–Kier alpha value is -1.26. The minimum absolute atomic E-state index is 0.648. The van der Waals surface area contributed by atoms with Crippen molar-refractivity contribution in [1.29, 1.82) is 0 Å². The van der Waals surface area contributed by atoms with Crippen LogP contribution in [0, 0.1) is 0 Å². The minimum atomic E-state index is 0.648. The molecule has 1 N–H and O–H groups in total. The molecule has 1 saturated heterocycles. The first-order valence-corrected chi connectivity index (χ1v) is 6.97. The molecule has 1 atom stereocenters. The van der Waals surface area contributed by atoms with Gasteiger partial charge >= 0.3 is 0 Å². The van der Waals surface area contributed by atoms with E-state index in [-0.39, 0.29) is 0 Å². The molecular formula is C15H25N3O. The highest BCUT2D eigenvalue weighted by atomic mass is 16.5. The van der Waals surface area contributed by atoms with Gasteiger partial charge in [0.2, 0.25) is 0 Å². The number of benzene rings is 1. The van der Waals surface area contributed by atoms with Crippen LogP contribution >= 0.6 is 0 Å². The van der Waals surface area contributed by atoms with Crippen LogP contribution in [0.4, 0.5) is 5.69 Å². The van der Waals surface area contributed by atoms with Crippen molar-refractivity contribution in [2.75, 3.05) is 52.3 Å². The van der Waals surface area contributed by atoms with Gasteiger partial charge in [-0.25, -0.2) is 0 Å². The summed E-state index contributed by atoms with van der Waals surface area (Å²) in [7, 11) is 6.07. The van der Waals surface area contributed by atoms with Crippen molar-refractivity contribution in [3.63, 3.8) is 0 Å². The molecule has 1 aromatic rings. The molecule has 1 fully saturated rings. The van der Waals surface area contributed by atoms with Crippen molar-refractivity contribution in [2.45, 2.75) is 12.5 Å². The van der Waals surface area contributed by atoms with E-state index < -0.39 is 0 Å². The van der Waals surface area contributed by atoms with E-state index in [2.05, 4.69) is 41.3 Å². The van der Waals surface area contributed by atoms with E-state index >= 15 is 0 Å². The topological polar surface area (TPSA) is 27.7 Å². The third-order valence-corrected chi connectivity index (χ3v) is 3.96. The standard InChI is InChI=1S/C15H25N3O/c1-17(13-4-6-15(19-3)7-5-13)10-8-14-12-16-9-11-18(14)2/h4-7,14,16H,8-12H2,1-3H3. The van der Waals surface area contributed by atoms with Gasteiger partial charge in [-0.2, -0.15) is 0 Å². The van der Waals surface area contributed by atoms with Gasteiger partial charge in [-0.3, -0.25) is 0 Å². The first kappa shape index (κ1) is 14.2. The summed E-state index contributed by atoms with van der Waals surface area (Å²) in [4.78, 5) is 4.76. The molecule has 1 aliphatic rings. The minimum Gasteiger partial charge on any atom is -0.497 e. The van der Waals surface area contributed by atoms with Crippen molar-refractivity contribution in [1.82, 2.24) is 10.2 Å². The van der Waals surface area contributed by atoms with E-state index in [4.69, 9.17) is 4.74 Å². The molecular weight excluding hydrogens is 238 g/mol. The SMILES string of the molecule is COc1ccc(N(C)CCC2CNCCN2C)cc1. The van der Waals surface area contributed by atoms with Crippen molar-refractivity contribution >= 4 is 5.69 Å². The maximum atomic E-state index is 5.18. The van der Waals surface area contributed by atoms with E-state index in [9.17, 15) is 0 Å². The van der Waals surface area contributed by atoms with Crippen LogP contribution in [0.2, 0.25) is 0 Å². The lowest BCUT2D eigenvalue weighted by Crippen LogP contribution is -2.50. The van der Waals surface area contributed by atoms with Crippen molar-refractivity contribution in [3.05, 3.63) is 24.3 Å². The Morgan fingerprint density at radius 3 is 2.74 bits per heavy atom. The molecule has 1 unspecified atom stereocenters. The van der Waals surface area contributed by atoms with Gasteiger partial charge in [0.15, 0.2) is 0 Å². The summed E-state index contributed by atoms with van der Waals surface area (Å²) < 4.78 is 5.18. The predicted octanol–water partition coefficient (Wildman–Crippen LogP) is 1.43. The number of hydrogen-bond donors (Lipinski definition) is 1. The van der Waals surface area contributed by atoms with Crippen LogP contribution in [0.25, 0.3) is 0 Å². The predicted molar refractivity (Wildman–Crippen MR) is 80.2 cm³/mol. The summed E-state index contributed by atoms with van der Waals surface area (Å²) >= 11 is 0. The second-order valence-corrected chi connectivity index (χ2v) is 5.25. The third kappa shape index (κ3) is 3.85. The molecule has 1 heterocycles. The van der Waals surface area contributed by atoms with Gasteiger partial charge in [0.25, 0.3) is 0 Å². The van der Waals surface area contributed by atoms with E-state index in [0.29, 0.717) is 6.04 Å². The van der Waals surface area contributed by atoms with Crippen LogP contribution in [-0.4, -0.2) is 58.3 Å². The Kier molecular flexibility index (Phi) is 5.05. The number of ether oxygens (including phenoxy) is 1. The normalized spacial score (nSPS) is 20.3. The molecule has 0 aromatic heterocycles. The highest BCUT2D eigenvalue weighted by Crippen LogP contribution is 2.18. The van der Waals surface area contributed by atoms with E-state index in [1.165, 1.54) is 12.1 Å². The van der Waals surface area contributed by atoms with E-state index in [0.717, 1.165) is 31.9 Å². The molecule has 0 spiro atoms. The fourth-order valence-electron chi connectivity index (χ4n) is 2.49. The van der Waals surface area contributed by atoms with Gasteiger partial charge in [-0.15, -0.1) is 0 Å². The molecule has 0 amide bonds. The first-order valence-electron chi connectivity index (χ1n) is 6.97. The molecule has 0 bridgehead atoms. The molecule has 19 heavy (non-hydrogen) atoms. The molecule has 0 aliphatic carbocycles. The Morgan fingerprint density at radius 1 is 1.37 bits per heavy atom. The summed E-state index contributed by atoms with van der Waals surface area (Å²) in [5, 5.41) is 3.47. The van der Waals surface area contributed by atoms with E-state index in [1.54, 1.807) is 7.11 Å². The maximum Gasteiger partial charge on any atom is 0.119 e. The number of likely N-dealkylation sites (N-methyl/N-ethyl adjacent to an activating group) is 1. The van der Waals surface area contributed by atoms with Gasteiger partial charge in [0.05, 0.1) is 7.11 Å². The third-order valence-electron chi connectivity index (χ3n) is 3.96. The zero-order valence-corrected chi connectivity index (χ0v) is 12.2. The van der Waals surface area contributed by atoms with Crippen LogP contribution < -0.4 is 15.0 Å². The molecule has 4 heteroatoms. The van der Waals surface area contributed by atoms with Gasteiger partial charge in [0.1, 0.15) is 5.75 Å². The summed E-state index contributed by atoms with van der Waals surface area (Å²) in [6, 6.07) is 8.90. The smallest absolute Gasteiger partial charge is 0.119 e. The van der Waals surface area contributed by atoms with Crippen LogP contribution in [-0.2, 0) is 0 Å². The molecule has 4 nitrogen and oxygen atoms in total. The molecule has 2 rings (SSSR count). The van der Waals surface area contributed by atoms with Gasteiger partial charge in [-0.1, -0.05) is 0 Å². The van der Waals surface area contributed by atoms with Crippen LogP contribution in [0.3, 0.4) is 0 Å². The molecule has 0 radical (unpaired) electrons. The second kappa shape index (κ2) is 6.78. The molecule has 106 valence electrons. The van der Waals surface area contributed by atoms with Crippen molar-refractivity contribution in [2.24, 2.45) is 0 Å². The molecule has 1 aromatic carbocycles. The average molecular weight is 263 g/mol. The monoisotopic (exact) mass is 263 g/mol. The van der Waals surface area contributed by atoms with Crippen molar-refractivity contribution < 1.29 is 4.74 Å². The largest absolute Gasteiger partial charge is 0.497 e. The summed E-state index contributed by atoms with van der Waals surface area (Å²) in [6.45, 7) is 4.44. The number of nitrogens with zero attached hydrogens (tertiary/aromatic N) is 2. The van der Waals surface area contributed by atoms with Crippen LogP contribution in [0.15, 0.2) is 24.3 Å². The molecule has 0 saturated carbocycles. The Morgan fingerprint density at radius 2 is 2.11 bits per heavy atom. The number of rotatable bonds is 5. The number of nitrogens with one attached hydrogen (secondary N) is 1. The molecule has 1 aliphatic heterocycles. The second-order valence-electron chi connectivity index (χ2n) is 5.25. The average Bonchev–Trinajstić information content (AvgIpc) is 2.46. The first-order chi connectivity index (χ1) is 9.20. The number of anilines is 1. The maximum absolute atomic E-state index is 5.18. The highest BCUT2D eigenvalue weighted by molar-refractivity contribution is 5.48. The van der Waals surface area contributed by atoms with Gasteiger partial charge in [-0.05, 0) is 37.7 Å². The quantitative estimate of drug-likeness (QED) is 0.869. The summed E-state index contributed by atoms with van der Waals surface area (Å²) in [5.41, 5.74) is 1.24. The van der Waals surface area contributed by atoms with Gasteiger partial charge in [0, 0.05) is 45.0 Å². The zero-order valence-electron chi connectivity index (χ0n) is 12.2. The highest BCUT2D eigenvalue weighted by Gasteiger charge is 2.18. The Balaban J connectivity index is 1.84. The van der Waals surface area contributed by atoms with Crippen LogP contribution in [0.5, 0.6) is 5.75 Å². The summed E-state index contributed by atoms with van der Waals surface area (Å²) in [5.74, 6) is 0.911. The fraction of sp³-hybridized carbons (Fsp3) is 0.600. The van der Waals surface area contributed by atoms with Crippen LogP contribution in [0.1, 0.15) is 6.42 Å². The lowest BCUT2D eigenvalue weighted by molar-refractivity contribution is 0.192.